The van der Waals surface area contributed by atoms with Crippen LogP contribution in [-0.2, 0) is 19.1 Å². The number of carbonyl (C=O) groups is 3. The van der Waals surface area contributed by atoms with E-state index >= 15 is 0 Å². The lowest BCUT2D eigenvalue weighted by Gasteiger charge is -2.34. The topological polar surface area (TPSA) is 97.0 Å². The molecule has 0 bridgehead atoms. The predicted octanol–water partition coefficient (Wildman–Crippen LogP) is 2.19. The van der Waals surface area contributed by atoms with E-state index in [2.05, 4.69) is 24.5 Å². The maximum absolute atomic E-state index is 12.7. The molecule has 2 N–H and O–H groups in total. The number of nitrogens with zero attached hydrogens (tertiary/aromatic N) is 1. The number of benzene rings is 1. The molecule has 8 nitrogen and oxygen atoms in total. The second-order valence-corrected chi connectivity index (χ2v) is 7.75. The van der Waals surface area contributed by atoms with Crippen LogP contribution < -0.4 is 15.4 Å². The van der Waals surface area contributed by atoms with Crippen molar-refractivity contribution >= 4 is 23.5 Å². The highest BCUT2D eigenvalue weighted by Crippen LogP contribution is 2.17. The van der Waals surface area contributed by atoms with E-state index in [1.807, 2.05) is 31.2 Å². The van der Waals surface area contributed by atoms with E-state index in [-0.39, 0.29) is 24.8 Å². The SMILES string of the molecule is CCCCOC(=O)CC1C(=O)NCCN1C(=O)CNc1ccc(OCC(C)C)cc1. The van der Waals surface area contributed by atoms with Crippen molar-refractivity contribution in [3.05, 3.63) is 24.3 Å². The maximum atomic E-state index is 12.7. The van der Waals surface area contributed by atoms with Gasteiger partial charge in [-0.05, 0) is 36.6 Å². The van der Waals surface area contributed by atoms with Crippen LogP contribution in [0.15, 0.2) is 24.3 Å². The smallest absolute Gasteiger partial charge is 0.308 e. The molecule has 8 heteroatoms. The van der Waals surface area contributed by atoms with Gasteiger partial charge in [0.2, 0.25) is 11.8 Å². The number of rotatable bonds is 11. The molecular weight excluding hydrogens is 386 g/mol. The molecule has 166 valence electrons. The van der Waals surface area contributed by atoms with Crippen molar-refractivity contribution < 1.29 is 23.9 Å². The summed E-state index contributed by atoms with van der Waals surface area (Å²) in [6.45, 7) is 7.90. The summed E-state index contributed by atoms with van der Waals surface area (Å²) in [6.07, 6.45) is 1.55. The lowest BCUT2D eigenvalue weighted by molar-refractivity contribution is -0.151. The second-order valence-electron chi connectivity index (χ2n) is 7.75. The summed E-state index contributed by atoms with van der Waals surface area (Å²) in [7, 11) is 0. The number of amides is 2. The molecule has 1 fully saturated rings. The van der Waals surface area contributed by atoms with Crippen LogP contribution in [0.5, 0.6) is 5.75 Å². The molecule has 1 aliphatic heterocycles. The van der Waals surface area contributed by atoms with Crippen LogP contribution in [-0.4, -0.2) is 61.6 Å². The van der Waals surface area contributed by atoms with Crippen LogP contribution >= 0.6 is 0 Å². The number of hydrogen-bond acceptors (Lipinski definition) is 6. The molecule has 1 heterocycles. The molecule has 1 aliphatic rings. The molecular formula is C22H33N3O5. The fourth-order valence-corrected chi connectivity index (χ4v) is 2.97. The Balaban J connectivity index is 1.88. The van der Waals surface area contributed by atoms with Gasteiger partial charge in [0, 0.05) is 18.8 Å². The Morgan fingerprint density at radius 1 is 1.27 bits per heavy atom. The van der Waals surface area contributed by atoms with Gasteiger partial charge in [0.15, 0.2) is 0 Å². The molecule has 0 aromatic heterocycles. The van der Waals surface area contributed by atoms with Crippen molar-refractivity contribution in [1.29, 1.82) is 0 Å². The van der Waals surface area contributed by atoms with Gasteiger partial charge in [0.1, 0.15) is 11.8 Å². The fraction of sp³-hybridized carbons (Fsp3) is 0.591. The summed E-state index contributed by atoms with van der Waals surface area (Å²) in [5.74, 6) is 0.187. The van der Waals surface area contributed by atoms with Crippen LogP contribution in [0.1, 0.15) is 40.0 Å². The number of nitrogens with one attached hydrogen (secondary N) is 2. The van der Waals surface area contributed by atoms with Gasteiger partial charge in [-0.3, -0.25) is 14.4 Å². The highest BCUT2D eigenvalue weighted by Gasteiger charge is 2.34. The predicted molar refractivity (Wildman–Crippen MR) is 114 cm³/mol. The largest absolute Gasteiger partial charge is 0.493 e. The molecule has 1 aromatic carbocycles. The van der Waals surface area contributed by atoms with Gasteiger partial charge in [-0.1, -0.05) is 27.2 Å². The van der Waals surface area contributed by atoms with E-state index in [1.54, 1.807) is 0 Å². The molecule has 1 atom stereocenters. The Morgan fingerprint density at radius 3 is 2.67 bits per heavy atom. The first-order valence-corrected chi connectivity index (χ1v) is 10.6. The van der Waals surface area contributed by atoms with Gasteiger partial charge in [0.25, 0.3) is 0 Å². The molecule has 0 radical (unpaired) electrons. The van der Waals surface area contributed by atoms with Gasteiger partial charge in [-0.25, -0.2) is 0 Å². The zero-order chi connectivity index (χ0) is 21.9. The number of esters is 1. The quantitative estimate of drug-likeness (QED) is 0.422. The first-order chi connectivity index (χ1) is 14.4. The third-order valence-corrected chi connectivity index (χ3v) is 4.65. The van der Waals surface area contributed by atoms with Gasteiger partial charge in [-0.2, -0.15) is 0 Å². The van der Waals surface area contributed by atoms with E-state index < -0.39 is 12.0 Å². The van der Waals surface area contributed by atoms with E-state index in [0.717, 1.165) is 24.3 Å². The average Bonchev–Trinajstić information content (AvgIpc) is 2.73. The molecule has 0 spiro atoms. The minimum atomic E-state index is -0.839. The standard InChI is InChI=1S/C22H33N3O5/c1-4-5-12-29-21(27)13-19-22(28)23-10-11-25(19)20(26)14-24-17-6-8-18(9-7-17)30-15-16(2)3/h6-9,16,19,24H,4-5,10-15H2,1-3H3,(H,23,28). The minimum absolute atomic E-state index is 0.0286. The first-order valence-electron chi connectivity index (χ1n) is 10.6. The Hall–Kier alpha value is -2.77. The summed E-state index contributed by atoms with van der Waals surface area (Å²) in [5, 5.41) is 5.78. The van der Waals surface area contributed by atoms with Crippen LogP contribution in [0.3, 0.4) is 0 Å². The monoisotopic (exact) mass is 419 g/mol. The minimum Gasteiger partial charge on any atom is -0.493 e. The van der Waals surface area contributed by atoms with Crippen LogP contribution in [0, 0.1) is 5.92 Å². The highest BCUT2D eigenvalue weighted by atomic mass is 16.5. The number of ether oxygens (including phenoxy) is 2. The maximum Gasteiger partial charge on any atom is 0.308 e. The normalized spacial score (nSPS) is 16.2. The molecule has 0 aliphatic carbocycles. The van der Waals surface area contributed by atoms with E-state index in [4.69, 9.17) is 9.47 Å². The van der Waals surface area contributed by atoms with Crippen LogP contribution in [0.2, 0.25) is 0 Å². The van der Waals surface area contributed by atoms with Gasteiger partial charge in [0.05, 0.1) is 26.2 Å². The lowest BCUT2D eigenvalue weighted by Crippen LogP contribution is -2.58. The summed E-state index contributed by atoms with van der Waals surface area (Å²) in [6, 6.07) is 6.54. The van der Waals surface area contributed by atoms with Crippen molar-refractivity contribution in [2.24, 2.45) is 5.92 Å². The van der Waals surface area contributed by atoms with E-state index in [9.17, 15) is 14.4 Å². The summed E-state index contributed by atoms with van der Waals surface area (Å²) < 4.78 is 10.8. The van der Waals surface area contributed by atoms with Gasteiger partial charge >= 0.3 is 5.97 Å². The molecule has 1 saturated heterocycles. The third kappa shape index (κ3) is 7.57. The molecule has 2 rings (SSSR count). The van der Waals surface area contributed by atoms with Crippen LogP contribution in [0.4, 0.5) is 5.69 Å². The van der Waals surface area contributed by atoms with Crippen molar-refractivity contribution in [2.75, 3.05) is 38.2 Å². The van der Waals surface area contributed by atoms with Crippen LogP contribution in [0.25, 0.3) is 0 Å². The number of anilines is 1. The summed E-state index contributed by atoms with van der Waals surface area (Å²) in [4.78, 5) is 38.5. The Bertz CT molecular complexity index is 705. The average molecular weight is 420 g/mol. The molecule has 30 heavy (non-hydrogen) atoms. The molecule has 0 saturated carbocycles. The molecule has 2 amide bonds. The summed E-state index contributed by atoms with van der Waals surface area (Å²) >= 11 is 0. The number of unbranched alkanes of at least 4 members (excludes halogenated alkanes) is 1. The highest BCUT2D eigenvalue weighted by molar-refractivity contribution is 5.93. The van der Waals surface area contributed by atoms with Crippen molar-refractivity contribution in [3.8, 4) is 5.75 Å². The Labute approximate surface area is 178 Å². The number of piperazine rings is 1. The molecule has 1 aromatic rings. The summed E-state index contributed by atoms with van der Waals surface area (Å²) in [5.41, 5.74) is 0.775. The molecule has 1 unspecified atom stereocenters. The van der Waals surface area contributed by atoms with Crippen molar-refractivity contribution in [3.63, 3.8) is 0 Å². The lowest BCUT2D eigenvalue weighted by atomic mass is 10.1. The second kappa shape index (κ2) is 12.0. The number of hydrogen-bond donors (Lipinski definition) is 2. The zero-order valence-electron chi connectivity index (χ0n) is 18.1. The Kier molecular flexibility index (Phi) is 9.44. The third-order valence-electron chi connectivity index (χ3n) is 4.65. The van der Waals surface area contributed by atoms with Crippen molar-refractivity contribution in [2.45, 2.75) is 46.1 Å². The fourth-order valence-electron chi connectivity index (χ4n) is 2.97. The van der Waals surface area contributed by atoms with E-state index in [1.165, 1.54) is 4.90 Å². The zero-order valence-corrected chi connectivity index (χ0v) is 18.1. The van der Waals surface area contributed by atoms with E-state index in [0.29, 0.717) is 32.2 Å². The first kappa shape index (κ1) is 23.5. The van der Waals surface area contributed by atoms with Gasteiger partial charge in [-0.15, -0.1) is 0 Å². The van der Waals surface area contributed by atoms with Crippen molar-refractivity contribution in [1.82, 2.24) is 10.2 Å². The van der Waals surface area contributed by atoms with Gasteiger partial charge < -0.3 is 25.0 Å². The Morgan fingerprint density at radius 2 is 2.00 bits per heavy atom. The number of carbonyl (C=O) groups excluding carboxylic acids is 3.